The van der Waals surface area contributed by atoms with E-state index in [0.29, 0.717) is 30.8 Å². The topological polar surface area (TPSA) is 46.6 Å². The van der Waals surface area contributed by atoms with Crippen LogP contribution in [0, 0.1) is 5.92 Å². The van der Waals surface area contributed by atoms with E-state index in [1.54, 1.807) is 0 Å². The lowest BCUT2D eigenvalue weighted by Gasteiger charge is -2.29. The van der Waals surface area contributed by atoms with Gasteiger partial charge in [-0.2, -0.15) is 0 Å². The molecular formula is C43H79NO3. The molecule has 274 valence electrons. The molecule has 1 rings (SSSR count). The molecule has 0 aromatic heterocycles. The molecule has 0 aromatic carbocycles. The molecule has 0 aromatic rings. The molecule has 1 fully saturated rings. The fourth-order valence-electron chi connectivity index (χ4n) is 6.72. The molecule has 0 N–H and O–H groups in total. The van der Waals surface area contributed by atoms with Gasteiger partial charge in [-0.05, 0) is 64.2 Å². The van der Waals surface area contributed by atoms with Crippen molar-refractivity contribution in [3.05, 3.63) is 24.3 Å². The highest BCUT2D eigenvalue weighted by molar-refractivity contribution is 5.88. The van der Waals surface area contributed by atoms with Crippen LogP contribution in [0.3, 0.4) is 0 Å². The molecule has 0 radical (unpaired) electrons. The lowest BCUT2D eigenvalue weighted by molar-refractivity contribution is -0.129. The van der Waals surface area contributed by atoms with Crippen molar-refractivity contribution >= 4 is 11.6 Å². The molecule has 0 bridgehead atoms. The Labute approximate surface area is 293 Å². The summed E-state index contributed by atoms with van der Waals surface area (Å²) in [5.41, 5.74) is 0. The molecule has 1 aliphatic heterocycles. The summed E-state index contributed by atoms with van der Waals surface area (Å²) >= 11 is 0. The van der Waals surface area contributed by atoms with E-state index >= 15 is 0 Å². The summed E-state index contributed by atoms with van der Waals surface area (Å²) in [7, 11) is 0. The van der Waals surface area contributed by atoms with Gasteiger partial charge in [0.1, 0.15) is 11.6 Å². The maximum atomic E-state index is 13.3. The van der Waals surface area contributed by atoms with Crippen LogP contribution >= 0.6 is 0 Å². The Morgan fingerprint density at radius 2 is 0.915 bits per heavy atom. The number of nitrogens with zero attached hydrogens (tertiary/aromatic N) is 1. The maximum absolute atomic E-state index is 13.3. The molecule has 0 aliphatic carbocycles. The second-order valence-corrected chi connectivity index (χ2v) is 14.5. The van der Waals surface area contributed by atoms with Crippen molar-refractivity contribution in [3.8, 4) is 0 Å². The summed E-state index contributed by atoms with van der Waals surface area (Å²) in [4.78, 5) is 28.5. The van der Waals surface area contributed by atoms with Gasteiger partial charge < -0.3 is 4.74 Å². The van der Waals surface area contributed by atoms with Gasteiger partial charge in [0.25, 0.3) is 0 Å². The van der Waals surface area contributed by atoms with E-state index in [2.05, 4.69) is 43.1 Å². The number of carbonyl (C=O) groups is 2. The number of ether oxygens (including phenoxy) is 1. The molecule has 0 amide bonds. The summed E-state index contributed by atoms with van der Waals surface area (Å²) in [6, 6.07) is 0. The molecule has 0 spiro atoms. The molecule has 1 atom stereocenters. The highest BCUT2D eigenvalue weighted by Gasteiger charge is 2.25. The van der Waals surface area contributed by atoms with Crippen molar-refractivity contribution in [2.24, 2.45) is 5.92 Å². The third-order valence-electron chi connectivity index (χ3n) is 9.91. The molecule has 1 unspecified atom stereocenters. The van der Waals surface area contributed by atoms with Crippen molar-refractivity contribution in [1.29, 1.82) is 0 Å². The Kier molecular flexibility index (Phi) is 32.2. The zero-order valence-electron chi connectivity index (χ0n) is 31.6. The summed E-state index contributed by atoms with van der Waals surface area (Å²) in [5.74, 6) is 0.464. The SMILES string of the molecule is CCCCCCCC/C=C\CCCCCCCC(=O)CC(CN1CCOCC1)C(=O)CCCCCCC/C=C\CCCCCCCC. The summed E-state index contributed by atoms with van der Waals surface area (Å²) < 4.78 is 5.52. The van der Waals surface area contributed by atoms with Crippen LogP contribution in [0.4, 0.5) is 0 Å². The second kappa shape index (κ2) is 34.6. The Morgan fingerprint density at radius 1 is 0.532 bits per heavy atom. The predicted molar refractivity (Wildman–Crippen MR) is 204 cm³/mol. The molecule has 1 aliphatic rings. The van der Waals surface area contributed by atoms with Crippen LogP contribution < -0.4 is 0 Å². The van der Waals surface area contributed by atoms with Crippen LogP contribution in [0.25, 0.3) is 0 Å². The van der Waals surface area contributed by atoms with Gasteiger partial charge in [0.05, 0.1) is 13.2 Å². The third-order valence-corrected chi connectivity index (χ3v) is 9.91. The number of ketones is 2. The Morgan fingerprint density at radius 3 is 1.36 bits per heavy atom. The number of morpholine rings is 1. The first-order chi connectivity index (χ1) is 23.2. The molecular weight excluding hydrogens is 578 g/mol. The van der Waals surface area contributed by atoms with Crippen molar-refractivity contribution in [2.45, 2.75) is 200 Å². The van der Waals surface area contributed by atoms with E-state index in [9.17, 15) is 9.59 Å². The largest absolute Gasteiger partial charge is 0.379 e. The molecule has 47 heavy (non-hydrogen) atoms. The minimum absolute atomic E-state index is 0.138. The van der Waals surface area contributed by atoms with Gasteiger partial charge in [-0.1, -0.05) is 141 Å². The Hall–Kier alpha value is -1.26. The van der Waals surface area contributed by atoms with E-state index < -0.39 is 0 Å². The predicted octanol–water partition coefficient (Wildman–Crippen LogP) is 12.5. The van der Waals surface area contributed by atoms with Crippen LogP contribution in [0.15, 0.2) is 24.3 Å². The van der Waals surface area contributed by atoms with Gasteiger partial charge in [-0.25, -0.2) is 0 Å². The molecule has 1 saturated heterocycles. The fraction of sp³-hybridized carbons (Fsp3) is 0.860. The standard InChI is InChI=1S/C43H79NO3/c1-3-5-7-9-11-13-15-17-19-21-23-25-27-29-31-33-42(45)39-41(40-44-35-37-47-38-36-44)43(46)34-32-30-28-26-24-22-20-18-16-14-12-10-8-6-4-2/h17-20,41H,3-16,21-40H2,1-2H3/b19-17-,20-18-. The van der Waals surface area contributed by atoms with Gasteiger partial charge in [-0.3, -0.25) is 14.5 Å². The molecule has 1 heterocycles. The number of hydrogen-bond donors (Lipinski definition) is 0. The van der Waals surface area contributed by atoms with Gasteiger partial charge in [0.2, 0.25) is 0 Å². The maximum Gasteiger partial charge on any atom is 0.137 e. The van der Waals surface area contributed by atoms with Gasteiger partial charge in [0, 0.05) is 44.8 Å². The van der Waals surface area contributed by atoms with Crippen molar-refractivity contribution in [3.63, 3.8) is 0 Å². The quantitative estimate of drug-likeness (QED) is 0.0502. The van der Waals surface area contributed by atoms with Crippen molar-refractivity contribution < 1.29 is 14.3 Å². The smallest absolute Gasteiger partial charge is 0.137 e. The first-order valence-electron chi connectivity index (χ1n) is 20.8. The number of carbonyl (C=O) groups excluding carboxylic acids is 2. The average molecular weight is 658 g/mol. The van der Waals surface area contributed by atoms with Gasteiger partial charge in [-0.15, -0.1) is 0 Å². The van der Waals surface area contributed by atoms with E-state index in [0.717, 1.165) is 58.5 Å². The lowest BCUT2D eigenvalue weighted by atomic mass is 9.91. The van der Waals surface area contributed by atoms with Crippen molar-refractivity contribution in [1.82, 2.24) is 4.90 Å². The average Bonchev–Trinajstić information content (AvgIpc) is 3.08. The third kappa shape index (κ3) is 29.4. The molecule has 0 saturated carbocycles. The Balaban J connectivity index is 2.14. The van der Waals surface area contributed by atoms with E-state index in [4.69, 9.17) is 4.74 Å². The van der Waals surface area contributed by atoms with Crippen LogP contribution in [0.2, 0.25) is 0 Å². The zero-order valence-corrected chi connectivity index (χ0v) is 31.6. The monoisotopic (exact) mass is 658 g/mol. The number of unbranched alkanes of at least 4 members (excludes halogenated alkanes) is 22. The van der Waals surface area contributed by atoms with Gasteiger partial charge in [0.15, 0.2) is 0 Å². The highest BCUT2D eigenvalue weighted by Crippen LogP contribution is 2.18. The summed E-state index contributed by atoms with van der Waals surface area (Å²) in [6.07, 6.45) is 44.1. The lowest BCUT2D eigenvalue weighted by Crippen LogP contribution is -2.41. The zero-order chi connectivity index (χ0) is 33.9. The minimum Gasteiger partial charge on any atom is -0.379 e. The number of allylic oxidation sites excluding steroid dienone is 4. The van der Waals surface area contributed by atoms with Gasteiger partial charge >= 0.3 is 0 Å². The first kappa shape index (κ1) is 43.8. The van der Waals surface area contributed by atoms with E-state index in [-0.39, 0.29) is 5.92 Å². The van der Waals surface area contributed by atoms with Crippen molar-refractivity contribution in [2.75, 3.05) is 32.8 Å². The summed E-state index contributed by atoms with van der Waals surface area (Å²) in [6.45, 7) is 8.49. The Bertz CT molecular complexity index is 754. The molecule has 4 heteroatoms. The normalized spacial score (nSPS) is 14.9. The van der Waals surface area contributed by atoms with E-state index in [1.165, 1.54) is 141 Å². The first-order valence-corrected chi connectivity index (χ1v) is 20.8. The van der Waals surface area contributed by atoms with Crippen LogP contribution in [-0.2, 0) is 14.3 Å². The second-order valence-electron chi connectivity index (χ2n) is 14.5. The number of Topliss-reactive ketones (excluding diaryl/α,β-unsaturated/α-hetero) is 2. The van der Waals surface area contributed by atoms with Crippen LogP contribution in [0.1, 0.15) is 200 Å². The van der Waals surface area contributed by atoms with E-state index in [1.807, 2.05) is 0 Å². The van der Waals surface area contributed by atoms with Crippen LogP contribution in [-0.4, -0.2) is 49.3 Å². The van der Waals surface area contributed by atoms with Crippen LogP contribution in [0.5, 0.6) is 0 Å². The highest BCUT2D eigenvalue weighted by atomic mass is 16.5. The number of hydrogen-bond acceptors (Lipinski definition) is 4. The molecule has 4 nitrogen and oxygen atoms in total. The summed E-state index contributed by atoms with van der Waals surface area (Å²) in [5, 5.41) is 0. The number of rotatable bonds is 35. The minimum atomic E-state index is -0.138. The fourth-order valence-corrected chi connectivity index (χ4v) is 6.72.